The molecule has 0 atom stereocenters. The molecule has 0 spiro atoms. The fourth-order valence-electron chi connectivity index (χ4n) is 2.18. The second-order valence-electron chi connectivity index (χ2n) is 5.31. The van der Waals surface area contributed by atoms with E-state index in [0.29, 0.717) is 6.07 Å². The van der Waals surface area contributed by atoms with Crippen molar-refractivity contribution in [1.82, 2.24) is 0 Å². The van der Waals surface area contributed by atoms with Gasteiger partial charge in [-0.3, -0.25) is 4.79 Å². The Bertz CT molecular complexity index is 861. The molecule has 2 aromatic rings. The average molecular weight is 398 g/mol. The maximum absolute atomic E-state index is 13.0. The number of phenols is 1. The van der Waals surface area contributed by atoms with Crippen molar-refractivity contribution in [3.8, 4) is 5.75 Å². The van der Waals surface area contributed by atoms with Gasteiger partial charge in [-0.25, -0.2) is 0 Å². The number of nitrogens with one attached hydrogen (secondary N) is 1. The number of benzene rings is 2. The highest BCUT2D eigenvalue weighted by Crippen LogP contribution is 2.40. The minimum absolute atomic E-state index is 0.0259. The maximum atomic E-state index is 13.0. The molecule has 0 aliphatic rings. The summed E-state index contributed by atoms with van der Waals surface area (Å²) in [5.74, 6) is -1.65. The number of aromatic hydroxyl groups is 1. The fourth-order valence-corrected chi connectivity index (χ4v) is 2.35. The Morgan fingerprint density at radius 2 is 1.65 bits per heavy atom. The number of alkyl halides is 6. The normalized spacial score (nSPS) is 12.2. The molecule has 0 unspecified atom stereocenters. The number of phenolic OH excluding ortho intramolecular Hbond substituents is 1. The van der Waals surface area contributed by atoms with Crippen LogP contribution in [0.1, 0.15) is 27.0 Å². The maximum Gasteiger partial charge on any atom is 0.416 e. The quantitative estimate of drug-likeness (QED) is 0.644. The van der Waals surface area contributed by atoms with Crippen LogP contribution in [0.25, 0.3) is 0 Å². The van der Waals surface area contributed by atoms with E-state index in [1.807, 2.05) is 5.32 Å². The van der Waals surface area contributed by atoms with Gasteiger partial charge in [0.2, 0.25) is 0 Å². The number of anilines is 1. The SMILES string of the molecule is Cc1c(NC(=O)c2cc(Cl)ccc2O)cc(C(F)(F)F)cc1C(F)(F)F. The fraction of sp³-hybridized carbons (Fsp3) is 0.188. The third-order valence-corrected chi connectivity index (χ3v) is 3.73. The van der Waals surface area contributed by atoms with Crippen molar-refractivity contribution in [3.05, 3.63) is 57.6 Å². The number of hydrogen-bond donors (Lipinski definition) is 2. The molecule has 0 fully saturated rings. The van der Waals surface area contributed by atoms with Gasteiger partial charge in [-0.2, -0.15) is 26.3 Å². The van der Waals surface area contributed by atoms with Crippen molar-refractivity contribution in [2.45, 2.75) is 19.3 Å². The van der Waals surface area contributed by atoms with Gasteiger partial charge in [0.05, 0.1) is 16.7 Å². The molecule has 0 aliphatic carbocycles. The molecule has 2 rings (SSSR count). The van der Waals surface area contributed by atoms with Crippen LogP contribution in [0.2, 0.25) is 5.02 Å². The van der Waals surface area contributed by atoms with E-state index in [1.54, 1.807) is 0 Å². The van der Waals surface area contributed by atoms with E-state index in [1.165, 1.54) is 6.07 Å². The minimum atomic E-state index is -5.05. The summed E-state index contributed by atoms with van der Waals surface area (Å²) in [6, 6.07) is 3.72. The molecule has 0 aliphatic heterocycles. The molecule has 0 bridgehead atoms. The van der Waals surface area contributed by atoms with Crippen molar-refractivity contribution in [3.63, 3.8) is 0 Å². The van der Waals surface area contributed by atoms with Gasteiger partial charge in [0.15, 0.2) is 0 Å². The molecule has 1 amide bonds. The molecule has 26 heavy (non-hydrogen) atoms. The third kappa shape index (κ3) is 4.21. The third-order valence-electron chi connectivity index (χ3n) is 3.49. The largest absolute Gasteiger partial charge is 0.507 e. The summed E-state index contributed by atoms with van der Waals surface area (Å²) in [7, 11) is 0. The Labute approximate surface area is 148 Å². The van der Waals surface area contributed by atoms with Gasteiger partial charge in [-0.15, -0.1) is 0 Å². The second kappa shape index (κ2) is 6.71. The highest BCUT2D eigenvalue weighted by molar-refractivity contribution is 6.31. The number of carbonyl (C=O) groups excluding carboxylic acids is 1. The second-order valence-corrected chi connectivity index (χ2v) is 5.74. The first-order valence-corrected chi connectivity index (χ1v) is 7.27. The van der Waals surface area contributed by atoms with Crippen LogP contribution in [0.3, 0.4) is 0 Å². The molecule has 0 aromatic heterocycles. The lowest BCUT2D eigenvalue weighted by molar-refractivity contribution is -0.143. The van der Waals surface area contributed by atoms with Crippen molar-refractivity contribution in [2.75, 3.05) is 5.32 Å². The molecule has 0 heterocycles. The Morgan fingerprint density at radius 1 is 1.04 bits per heavy atom. The van der Waals surface area contributed by atoms with Crippen LogP contribution in [0, 0.1) is 6.92 Å². The zero-order valence-electron chi connectivity index (χ0n) is 12.9. The smallest absolute Gasteiger partial charge is 0.416 e. The first-order chi connectivity index (χ1) is 11.8. The summed E-state index contributed by atoms with van der Waals surface area (Å²) in [4.78, 5) is 12.2. The topological polar surface area (TPSA) is 49.3 Å². The van der Waals surface area contributed by atoms with Gasteiger partial charge in [0, 0.05) is 10.7 Å². The first kappa shape index (κ1) is 19.9. The number of amides is 1. The predicted molar refractivity (Wildman–Crippen MR) is 82.3 cm³/mol. The summed E-state index contributed by atoms with van der Waals surface area (Å²) in [5.41, 5.74) is -4.78. The molecule has 3 nitrogen and oxygen atoms in total. The zero-order valence-corrected chi connectivity index (χ0v) is 13.6. The first-order valence-electron chi connectivity index (χ1n) is 6.89. The van der Waals surface area contributed by atoms with E-state index in [4.69, 9.17) is 11.6 Å². The summed E-state index contributed by atoms with van der Waals surface area (Å²) in [6.45, 7) is 0.927. The lowest BCUT2D eigenvalue weighted by Gasteiger charge is -2.18. The van der Waals surface area contributed by atoms with Crippen LogP contribution < -0.4 is 5.32 Å². The van der Waals surface area contributed by atoms with Crippen LogP contribution >= 0.6 is 11.6 Å². The monoisotopic (exact) mass is 397 g/mol. The summed E-state index contributed by atoms with van der Waals surface area (Å²) in [6.07, 6.45) is -10.1. The molecule has 10 heteroatoms. The molecule has 0 saturated heterocycles. The molecule has 2 N–H and O–H groups in total. The number of rotatable bonds is 2. The highest BCUT2D eigenvalue weighted by atomic mass is 35.5. The van der Waals surface area contributed by atoms with E-state index < -0.39 is 52.0 Å². The Hall–Kier alpha value is -2.42. The van der Waals surface area contributed by atoms with Gasteiger partial charge in [0.1, 0.15) is 5.75 Å². The van der Waals surface area contributed by atoms with Crippen LogP contribution in [0.5, 0.6) is 5.75 Å². The standard InChI is InChI=1S/C16H10ClF6NO2/c1-7-11(16(21,22)23)4-8(15(18,19)20)5-12(7)24-14(26)10-6-9(17)2-3-13(10)25/h2-6,25H,1H3,(H,24,26). The van der Waals surface area contributed by atoms with Gasteiger partial charge >= 0.3 is 12.4 Å². The van der Waals surface area contributed by atoms with Crippen molar-refractivity contribution >= 4 is 23.2 Å². The van der Waals surface area contributed by atoms with Crippen LogP contribution in [-0.4, -0.2) is 11.0 Å². The summed E-state index contributed by atoms with van der Waals surface area (Å²) >= 11 is 5.68. The van der Waals surface area contributed by atoms with Crippen molar-refractivity contribution in [1.29, 1.82) is 0 Å². The van der Waals surface area contributed by atoms with Gasteiger partial charge < -0.3 is 10.4 Å². The predicted octanol–water partition coefficient (Wildman–Crippen LogP) is 5.64. The zero-order chi connectivity index (χ0) is 19.9. The number of hydrogen-bond acceptors (Lipinski definition) is 2. The lowest BCUT2D eigenvalue weighted by atomic mass is 10.0. The molecule has 2 aromatic carbocycles. The molecule has 140 valence electrons. The van der Waals surface area contributed by atoms with E-state index in [2.05, 4.69) is 0 Å². The van der Waals surface area contributed by atoms with Gasteiger partial charge in [-0.05, 0) is 42.8 Å². The summed E-state index contributed by atoms with van der Waals surface area (Å²) < 4.78 is 77.8. The van der Waals surface area contributed by atoms with Crippen LogP contribution in [0.15, 0.2) is 30.3 Å². The van der Waals surface area contributed by atoms with Gasteiger partial charge in [0.25, 0.3) is 5.91 Å². The van der Waals surface area contributed by atoms with E-state index in [9.17, 15) is 36.2 Å². The van der Waals surface area contributed by atoms with Crippen molar-refractivity contribution < 1.29 is 36.2 Å². The van der Waals surface area contributed by atoms with E-state index >= 15 is 0 Å². The number of carbonyl (C=O) groups is 1. The lowest BCUT2D eigenvalue weighted by Crippen LogP contribution is -2.18. The van der Waals surface area contributed by atoms with Crippen LogP contribution in [-0.2, 0) is 12.4 Å². The Kier molecular flexibility index (Phi) is 5.14. The Morgan fingerprint density at radius 3 is 2.19 bits per heavy atom. The number of halogens is 7. The summed E-state index contributed by atoms with van der Waals surface area (Å²) in [5, 5.41) is 11.6. The van der Waals surface area contributed by atoms with Crippen LogP contribution in [0.4, 0.5) is 32.0 Å². The molecular weight excluding hydrogens is 388 g/mol. The average Bonchev–Trinajstić information content (AvgIpc) is 2.49. The molecular formula is C16H10ClF6NO2. The molecule has 0 radical (unpaired) electrons. The Balaban J connectivity index is 2.55. The van der Waals surface area contributed by atoms with Crippen molar-refractivity contribution in [2.24, 2.45) is 0 Å². The highest BCUT2D eigenvalue weighted by Gasteiger charge is 2.38. The van der Waals surface area contributed by atoms with E-state index in [0.717, 1.165) is 19.1 Å². The minimum Gasteiger partial charge on any atom is -0.507 e. The van der Waals surface area contributed by atoms with Gasteiger partial charge in [-0.1, -0.05) is 11.6 Å². The van der Waals surface area contributed by atoms with E-state index in [-0.39, 0.29) is 11.1 Å². The molecule has 0 saturated carbocycles.